The average molecular weight is 338 g/mol. The summed E-state index contributed by atoms with van der Waals surface area (Å²) in [5, 5.41) is 0. The van der Waals surface area contributed by atoms with E-state index in [2.05, 4.69) is 28.6 Å². The van der Waals surface area contributed by atoms with Gasteiger partial charge in [-0.15, -0.1) is 6.58 Å². The molecule has 0 aromatic heterocycles. The number of rotatable bonds is 5. The van der Waals surface area contributed by atoms with Gasteiger partial charge in [-0.25, -0.2) is 0 Å². The van der Waals surface area contributed by atoms with E-state index in [1.165, 1.54) is 11.1 Å². The van der Waals surface area contributed by atoms with Gasteiger partial charge in [-0.3, -0.25) is 4.79 Å². The smallest absolute Gasteiger partial charge is 0.233 e. The fraction of sp³-hybridized carbons (Fsp3) is 0.438. The van der Waals surface area contributed by atoms with Gasteiger partial charge in [0.1, 0.15) is 0 Å². The van der Waals surface area contributed by atoms with E-state index in [4.69, 9.17) is 4.74 Å². The topological polar surface area (TPSA) is 29.5 Å². The van der Waals surface area contributed by atoms with Crippen LogP contribution in [-0.4, -0.2) is 24.5 Å². The van der Waals surface area contributed by atoms with Gasteiger partial charge in [-0.2, -0.15) is 0 Å². The number of halogens is 1. The van der Waals surface area contributed by atoms with Gasteiger partial charge >= 0.3 is 0 Å². The zero-order valence-electron chi connectivity index (χ0n) is 12.0. The molecule has 1 aromatic rings. The van der Waals surface area contributed by atoms with E-state index in [9.17, 15) is 4.79 Å². The quantitative estimate of drug-likeness (QED) is 0.769. The number of fused-ring (bicyclic) bond motifs is 1. The molecule has 0 saturated heterocycles. The van der Waals surface area contributed by atoms with Gasteiger partial charge in [-0.1, -0.05) is 34.1 Å². The minimum atomic E-state index is -0.565. The predicted octanol–water partition coefficient (Wildman–Crippen LogP) is 3.52. The van der Waals surface area contributed by atoms with Crippen molar-refractivity contribution in [2.45, 2.75) is 26.4 Å². The lowest BCUT2D eigenvalue weighted by Gasteiger charge is -2.29. The molecule has 2 rings (SSSR count). The Balaban J connectivity index is 2.16. The number of amides is 1. The van der Waals surface area contributed by atoms with Crippen LogP contribution in [0.25, 0.3) is 0 Å². The summed E-state index contributed by atoms with van der Waals surface area (Å²) in [5.74, 6) is 0.118. The Morgan fingerprint density at radius 2 is 2.30 bits per heavy atom. The molecule has 0 aliphatic carbocycles. The van der Waals surface area contributed by atoms with Gasteiger partial charge < -0.3 is 9.64 Å². The van der Waals surface area contributed by atoms with Gasteiger partial charge in [0.05, 0.1) is 5.41 Å². The lowest BCUT2D eigenvalue weighted by molar-refractivity contribution is -0.140. The summed E-state index contributed by atoms with van der Waals surface area (Å²) in [4.78, 5) is 14.7. The molecule has 0 fully saturated rings. The van der Waals surface area contributed by atoms with Gasteiger partial charge in [0.2, 0.25) is 5.91 Å². The summed E-state index contributed by atoms with van der Waals surface area (Å²) in [6, 6.07) is 6.10. The fourth-order valence-corrected chi connectivity index (χ4v) is 3.03. The highest BCUT2D eigenvalue weighted by atomic mass is 79.9. The third-order valence-electron chi connectivity index (χ3n) is 3.98. The van der Waals surface area contributed by atoms with E-state index in [0.717, 1.165) is 4.47 Å². The molecule has 4 heteroatoms. The number of hydrogen-bond donors (Lipinski definition) is 0. The largest absolute Gasteiger partial charge is 0.385 e. The van der Waals surface area contributed by atoms with E-state index >= 15 is 0 Å². The van der Waals surface area contributed by atoms with Crippen LogP contribution in [0.5, 0.6) is 0 Å². The van der Waals surface area contributed by atoms with Crippen LogP contribution in [0.3, 0.4) is 0 Å². The van der Waals surface area contributed by atoms with Crippen LogP contribution in [0.2, 0.25) is 0 Å². The van der Waals surface area contributed by atoms with Crippen LogP contribution in [0.1, 0.15) is 24.5 Å². The first-order valence-electron chi connectivity index (χ1n) is 6.70. The first kappa shape index (κ1) is 15.3. The van der Waals surface area contributed by atoms with E-state index in [1.54, 1.807) is 13.2 Å². The summed E-state index contributed by atoms with van der Waals surface area (Å²) in [6.45, 7) is 7.65. The molecule has 0 radical (unpaired) electrons. The predicted molar refractivity (Wildman–Crippen MR) is 83.2 cm³/mol. The Morgan fingerprint density at radius 3 is 2.90 bits per heavy atom. The van der Waals surface area contributed by atoms with Crippen LogP contribution >= 0.6 is 15.9 Å². The number of carbonyl (C=O) groups is 1. The summed E-state index contributed by atoms with van der Waals surface area (Å²) < 4.78 is 6.18. The van der Waals surface area contributed by atoms with Crippen molar-refractivity contribution in [3.63, 3.8) is 0 Å². The maximum Gasteiger partial charge on any atom is 0.233 e. The van der Waals surface area contributed by atoms with Crippen molar-refractivity contribution in [2.75, 3.05) is 13.7 Å². The van der Waals surface area contributed by atoms with Crippen LogP contribution in [0.15, 0.2) is 35.3 Å². The maximum absolute atomic E-state index is 12.8. The second kappa shape index (κ2) is 6.10. The van der Waals surface area contributed by atoms with Crippen molar-refractivity contribution in [3.8, 4) is 0 Å². The normalized spacial score (nSPS) is 16.6. The maximum atomic E-state index is 12.8. The van der Waals surface area contributed by atoms with Crippen molar-refractivity contribution in [2.24, 2.45) is 5.41 Å². The molecule has 0 spiro atoms. The molecule has 20 heavy (non-hydrogen) atoms. The second-order valence-corrected chi connectivity index (χ2v) is 6.26. The molecule has 1 atom stereocenters. The zero-order valence-corrected chi connectivity index (χ0v) is 13.6. The monoisotopic (exact) mass is 337 g/mol. The first-order chi connectivity index (χ1) is 9.51. The molecular weight excluding hydrogens is 318 g/mol. The molecule has 1 aliphatic heterocycles. The van der Waals surface area contributed by atoms with Crippen molar-refractivity contribution in [3.05, 3.63) is 46.5 Å². The third kappa shape index (κ3) is 2.81. The molecule has 1 heterocycles. The summed E-state index contributed by atoms with van der Waals surface area (Å²) in [5.41, 5.74) is 1.86. The second-order valence-electron chi connectivity index (χ2n) is 5.40. The highest BCUT2D eigenvalue weighted by molar-refractivity contribution is 9.10. The highest BCUT2D eigenvalue weighted by Gasteiger charge is 2.36. The molecule has 0 saturated carbocycles. The van der Waals surface area contributed by atoms with Crippen molar-refractivity contribution in [1.82, 2.24) is 4.90 Å². The van der Waals surface area contributed by atoms with Crippen LogP contribution in [-0.2, 0) is 22.6 Å². The number of ether oxygens (including phenoxy) is 1. The average Bonchev–Trinajstić information content (AvgIpc) is 2.89. The number of carbonyl (C=O) groups excluding carboxylic acids is 1. The lowest BCUT2D eigenvalue weighted by Crippen LogP contribution is -2.39. The van der Waals surface area contributed by atoms with Crippen LogP contribution < -0.4 is 0 Å². The zero-order chi connectivity index (χ0) is 14.8. The Kier molecular flexibility index (Phi) is 4.66. The summed E-state index contributed by atoms with van der Waals surface area (Å²) in [6.07, 6.45) is 2.40. The highest BCUT2D eigenvalue weighted by Crippen LogP contribution is 2.34. The minimum Gasteiger partial charge on any atom is -0.385 e. The van der Waals surface area contributed by atoms with Gasteiger partial charge in [0, 0.05) is 31.3 Å². The minimum absolute atomic E-state index is 0.118. The number of nitrogens with zero attached hydrogens (tertiary/aromatic N) is 1. The van der Waals surface area contributed by atoms with Gasteiger partial charge in [0.15, 0.2) is 0 Å². The van der Waals surface area contributed by atoms with E-state index in [1.807, 2.05) is 24.0 Å². The van der Waals surface area contributed by atoms with Crippen LogP contribution in [0, 0.1) is 5.41 Å². The molecule has 0 unspecified atom stereocenters. The molecule has 0 bridgehead atoms. The Bertz CT molecular complexity index is 529. The third-order valence-corrected chi connectivity index (χ3v) is 4.72. The number of hydrogen-bond acceptors (Lipinski definition) is 2. The summed E-state index contributed by atoms with van der Waals surface area (Å²) in [7, 11) is 1.65. The van der Waals surface area contributed by atoms with Crippen molar-refractivity contribution < 1.29 is 9.53 Å². The molecule has 108 valence electrons. The lowest BCUT2D eigenvalue weighted by atomic mass is 9.85. The molecule has 1 aromatic carbocycles. The van der Waals surface area contributed by atoms with E-state index in [-0.39, 0.29) is 5.91 Å². The van der Waals surface area contributed by atoms with Gasteiger partial charge in [-0.05, 0) is 30.5 Å². The van der Waals surface area contributed by atoms with Crippen molar-refractivity contribution >= 4 is 21.8 Å². The molecule has 0 N–H and O–H groups in total. The number of benzene rings is 1. The Morgan fingerprint density at radius 1 is 1.55 bits per heavy atom. The SMILES string of the molecule is C=C[C@](C)(CCOC)C(=O)N1Cc2cccc(Br)c2C1. The van der Waals surface area contributed by atoms with Gasteiger partial charge in [0.25, 0.3) is 0 Å². The molecule has 3 nitrogen and oxygen atoms in total. The van der Waals surface area contributed by atoms with Crippen molar-refractivity contribution in [1.29, 1.82) is 0 Å². The fourth-order valence-electron chi connectivity index (χ4n) is 2.50. The molecular formula is C16H20BrNO2. The molecule has 1 aliphatic rings. The van der Waals surface area contributed by atoms with E-state index in [0.29, 0.717) is 26.1 Å². The first-order valence-corrected chi connectivity index (χ1v) is 7.49. The Hall–Kier alpha value is -1.13. The molecule has 1 amide bonds. The van der Waals surface area contributed by atoms with E-state index < -0.39 is 5.41 Å². The number of methoxy groups -OCH3 is 1. The standard InChI is InChI=1S/C16H20BrNO2/c1-4-16(2,8-9-20-3)15(19)18-10-12-6-5-7-14(17)13(12)11-18/h4-7H,1,8-11H2,2-3H3/t16-/m1/s1. The van der Waals surface area contributed by atoms with Crippen LogP contribution in [0.4, 0.5) is 0 Å². The Labute approximate surface area is 128 Å². The summed E-state index contributed by atoms with van der Waals surface area (Å²) >= 11 is 3.56.